The van der Waals surface area contributed by atoms with Gasteiger partial charge >= 0.3 is 0 Å². The van der Waals surface area contributed by atoms with E-state index in [0.717, 1.165) is 5.56 Å². The first-order chi connectivity index (χ1) is 11.5. The van der Waals surface area contributed by atoms with Crippen molar-refractivity contribution in [3.63, 3.8) is 0 Å². The van der Waals surface area contributed by atoms with Gasteiger partial charge < -0.3 is 14.8 Å². The molecule has 0 fully saturated rings. The molecule has 1 amide bonds. The Bertz CT molecular complexity index is 824. The lowest BCUT2D eigenvalue weighted by molar-refractivity contribution is -0.385. The van der Waals surface area contributed by atoms with E-state index in [0.29, 0.717) is 16.0 Å². The molecule has 124 valence electrons. The highest BCUT2D eigenvalue weighted by atomic mass is 79.9. The van der Waals surface area contributed by atoms with Crippen molar-refractivity contribution in [2.24, 2.45) is 0 Å². The summed E-state index contributed by atoms with van der Waals surface area (Å²) in [6.07, 6.45) is 0. The minimum absolute atomic E-state index is 0.154. The van der Waals surface area contributed by atoms with Crippen LogP contribution < -0.4 is 14.8 Å². The highest BCUT2D eigenvalue weighted by Crippen LogP contribution is 2.34. The molecule has 24 heavy (non-hydrogen) atoms. The Kier molecular flexibility index (Phi) is 4.39. The molecule has 1 aliphatic heterocycles. The first-order valence-corrected chi connectivity index (χ1v) is 7.89. The van der Waals surface area contributed by atoms with E-state index in [9.17, 15) is 14.9 Å². The Morgan fingerprint density at radius 3 is 2.75 bits per heavy atom. The summed E-state index contributed by atoms with van der Waals surface area (Å²) in [5, 5.41) is 13.8. The van der Waals surface area contributed by atoms with Crippen molar-refractivity contribution in [1.82, 2.24) is 5.32 Å². The fourth-order valence-corrected chi connectivity index (χ4v) is 2.73. The van der Waals surface area contributed by atoms with E-state index < -0.39 is 10.8 Å². The summed E-state index contributed by atoms with van der Waals surface area (Å²) < 4.78 is 10.9. The number of nitrogens with one attached hydrogen (secondary N) is 1. The van der Waals surface area contributed by atoms with Crippen molar-refractivity contribution in [1.29, 1.82) is 0 Å². The number of fused-ring (bicyclic) bond motifs is 1. The molecular formula is C16H13BrN2O5. The number of hydrogen-bond donors (Lipinski definition) is 1. The van der Waals surface area contributed by atoms with Crippen LogP contribution in [-0.4, -0.2) is 17.6 Å². The van der Waals surface area contributed by atoms with E-state index in [4.69, 9.17) is 9.47 Å². The number of amides is 1. The number of hydrogen-bond acceptors (Lipinski definition) is 5. The van der Waals surface area contributed by atoms with Gasteiger partial charge in [0.25, 0.3) is 11.6 Å². The van der Waals surface area contributed by atoms with Gasteiger partial charge in [0.1, 0.15) is 0 Å². The highest BCUT2D eigenvalue weighted by molar-refractivity contribution is 9.10. The number of halogens is 1. The van der Waals surface area contributed by atoms with E-state index in [1.54, 1.807) is 12.1 Å². The number of rotatable bonds is 4. The van der Waals surface area contributed by atoms with Crippen LogP contribution in [0.2, 0.25) is 0 Å². The van der Waals surface area contributed by atoms with Crippen LogP contribution in [0.1, 0.15) is 28.9 Å². The Morgan fingerprint density at radius 2 is 2.00 bits per heavy atom. The van der Waals surface area contributed by atoms with Crippen LogP contribution in [0, 0.1) is 10.1 Å². The number of carbonyl (C=O) groups excluding carboxylic acids is 1. The Labute approximate surface area is 145 Å². The third-order valence-corrected chi connectivity index (χ3v) is 4.32. The largest absolute Gasteiger partial charge is 0.454 e. The maximum atomic E-state index is 12.3. The molecule has 0 saturated carbocycles. The monoisotopic (exact) mass is 392 g/mol. The molecule has 0 radical (unpaired) electrons. The number of nitro groups is 1. The van der Waals surface area contributed by atoms with E-state index in [-0.39, 0.29) is 24.1 Å². The molecule has 0 spiro atoms. The summed E-state index contributed by atoms with van der Waals surface area (Å²) in [6, 6.07) is 9.38. The van der Waals surface area contributed by atoms with Crippen molar-refractivity contribution >= 4 is 27.5 Å². The summed E-state index contributed by atoms with van der Waals surface area (Å²) >= 11 is 3.10. The van der Waals surface area contributed by atoms with Crippen LogP contribution in [0.3, 0.4) is 0 Å². The Balaban J connectivity index is 1.77. The fraction of sp³-hybridized carbons (Fsp3) is 0.188. The molecule has 0 saturated heterocycles. The molecule has 0 bridgehead atoms. The number of nitro benzene ring substituents is 1. The number of ether oxygens (including phenoxy) is 2. The van der Waals surface area contributed by atoms with E-state index >= 15 is 0 Å². The van der Waals surface area contributed by atoms with Crippen LogP contribution >= 0.6 is 15.9 Å². The molecule has 1 atom stereocenters. The molecule has 1 heterocycles. The maximum Gasteiger partial charge on any atom is 0.284 e. The minimum atomic E-state index is -0.540. The first-order valence-electron chi connectivity index (χ1n) is 7.10. The smallest absolute Gasteiger partial charge is 0.284 e. The van der Waals surface area contributed by atoms with Crippen molar-refractivity contribution in [3.05, 3.63) is 62.1 Å². The lowest BCUT2D eigenvalue weighted by Gasteiger charge is -2.15. The molecule has 1 unspecified atom stereocenters. The molecular weight excluding hydrogens is 380 g/mol. The maximum absolute atomic E-state index is 12.3. The van der Waals surface area contributed by atoms with Crippen LogP contribution in [0.5, 0.6) is 11.5 Å². The second-order valence-electron chi connectivity index (χ2n) is 5.23. The van der Waals surface area contributed by atoms with Crippen molar-refractivity contribution < 1.29 is 19.2 Å². The second-order valence-corrected chi connectivity index (χ2v) is 6.09. The van der Waals surface area contributed by atoms with Crippen LogP contribution in [0.4, 0.5) is 5.69 Å². The molecule has 1 aliphatic rings. The Hall–Kier alpha value is -2.61. The number of benzene rings is 2. The van der Waals surface area contributed by atoms with Gasteiger partial charge in [-0.05, 0) is 52.7 Å². The van der Waals surface area contributed by atoms with Crippen LogP contribution in [0.25, 0.3) is 0 Å². The molecule has 0 aliphatic carbocycles. The third-order valence-electron chi connectivity index (χ3n) is 3.65. The SMILES string of the molecule is CC(NC(=O)c1ccc(Br)c([N+](=O)[O-])c1)c1ccc2c(c1)OCO2. The fourth-order valence-electron chi connectivity index (χ4n) is 2.34. The van der Waals surface area contributed by atoms with Crippen molar-refractivity contribution in [2.45, 2.75) is 13.0 Å². The highest BCUT2D eigenvalue weighted by Gasteiger charge is 2.19. The summed E-state index contributed by atoms with van der Waals surface area (Å²) in [6.45, 7) is 2.00. The second kappa shape index (κ2) is 6.48. The normalized spacial score (nSPS) is 13.4. The van der Waals surface area contributed by atoms with Gasteiger partial charge in [0.05, 0.1) is 15.4 Å². The summed E-state index contributed by atoms with van der Waals surface area (Å²) in [7, 11) is 0. The van der Waals surface area contributed by atoms with Crippen molar-refractivity contribution in [2.75, 3.05) is 6.79 Å². The molecule has 7 nitrogen and oxygen atoms in total. The van der Waals surface area contributed by atoms with E-state index in [2.05, 4.69) is 21.2 Å². The van der Waals surface area contributed by atoms with Gasteiger partial charge in [-0.15, -0.1) is 0 Å². The average molecular weight is 393 g/mol. The third kappa shape index (κ3) is 3.18. The minimum Gasteiger partial charge on any atom is -0.454 e. The van der Waals surface area contributed by atoms with Gasteiger partial charge in [-0.2, -0.15) is 0 Å². The number of nitrogens with zero attached hydrogens (tertiary/aromatic N) is 1. The van der Waals surface area contributed by atoms with E-state index in [1.807, 2.05) is 13.0 Å². The summed E-state index contributed by atoms with van der Waals surface area (Å²) in [5.41, 5.74) is 0.912. The zero-order valence-corrected chi connectivity index (χ0v) is 14.2. The quantitative estimate of drug-likeness (QED) is 0.634. The van der Waals surface area contributed by atoms with Gasteiger partial charge in [0.2, 0.25) is 6.79 Å². The molecule has 2 aromatic carbocycles. The van der Waals surface area contributed by atoms with E-state index in [1.165, 1.54) is 18.2 Å². The molecule has 2 aromatic rings. The molecule has 1 N–H and O–H groups in total. The summed E-state index contributed by atoms with van der Waals surface area (Å²) in [5.74, 6) is 0.907. The Morgan fingerprint density at radius 1 is 1.25 bits per heavy atom. The average Bonchev–Trinajstić information content (AvgIpc) is 3.02. The summed E-state index contributed by atoms with van der Waals surface area (Å²) in [4.78, 5) is 22.8. The zero-order valence-electron chi connectivity index (χ0n) is 12.6. The van der Waals surface area contributed by atoms with Crippen molar-refractivity contribution in [3.8, 4) is 11.5 Å². The van der Waals surface area contributed by atoms with Gasteiger partial charge in [0, 0.05) is 11.6 Å². The predicted molar refractivity (Wildman–Crippen MR) is 89.2 cm³/mol. The standard InChI is InChI=1S/C16H13BrN2O5/c1-9(10-3-5-14-15(7-10)24-8-23-14)18-16(20)11-2-4-12(17)13(6-11)19(21)22/h2-7,9H,8H2,1H3,(H,18,20). The van der Waals surface area contributed by atoms with Gasteiger partial charge in [-0.1, -0.05) is 6.07 Å². The number of carbonyl (C=O) groups is 1. The van der Waals surface area contributed by atoms with Gasteiger partial charge in [-0.25, -0.2) is 0 Å². The van der Waals surface area contributed by atoms with Crippen LogP contribution in [0.15, 0.2) is 40.9 Å². The molecule has 3 rings (SSSR count). The van der Waals surface area contributed by atoms with Crippen LogP contribution in [-0.2, 0) is 0 Å². The van der Waals surface area contributed by atoms with Gasteiger partial charge in [-0.3, -0.25) is 14.9 Å². The predicted octanol–water partition coefficient (Wildman–Crippen LogP) is 3.58. The molecule has 8 heteroatoms. The zero-order chi connectivity index (χ0) is 17.3. The lowest BCUT2D eigenvalue weighted by Crippen LogP contribution is -2.26. The van der Waals surface area contributed by atoms with Gasteiger partial charge in [0.15, 0.2) is 11.5 Å². The first kappa shape index (κ1) is 16.3. The topological polar surface area (TPSA) is 90.7 Å². The lowest BCUT2D eigenvalue weighted by atomic mass is 10.1. The molecule has 0 aromatic heterocycles.